The molecule has 0 spiro atoms. The van der Waals surface area contributed by atoms with Crippen molar-refractivity contribution in [3.8, 4) is 0 Å². The van der Waals surface area contributed by atoms with E-state index in [1.54, 1.807) is 24.3 Å². The van der Waals surface area contributed by atoms with Gasteiger partial charge in [-0.15, -0.1) is 0 Å². The molecule has 2 aromatic carbocycles. The Bertz CT molecular complexity index is 612. The first kappa shape index (κ1) is 14.0. The SMILES string of the molecule is CCc1ccc(C(=O)Cc2ccc(C(N)=O)cc2)cc1. The van der Waals surface area contributed by atoms with E-state index in [1.165, 1.54) is 5.56 Å². The maximum absolute atomic E-state index is 12.1. The standard InChI is InChI=1S/C17H17NO2/c1-2-12-3-7-14(8-4-12)16(19)11-13-5-9-15(10-6-13)17(18)20/h3-10H,2,11H2,1H3,(H2,18,20). The van der Waals surface area contributed by atoms with Crippen molar-refractivity contribution in [2.24, 2.45) is 5.73 Å². The minimum Gasteiger partial charge on any atom is -0.366 e. The van der Waals surface area contributed by atoms with Crippen LogP contribution in [0.25, 0.3) is 0 Å². The lowest BCUT2D eigenvalue weighted by molar-refractivity contribution is 0.0989. The molecule has 0 atom stereocenters. The normalized spacial score (nSPS) is 10.2. The molecule has 102 valence electrons. The van der Waals surface area contributed by atoms with Gasteiger partial charge in [-0.2, -0.15) is 0 Å². The Kier molecular flexibility index (Phi) is 4.31. The molecule has 1 amide bonds. The lowest BCUT2D eigenvalue weighted by Crippen LogP contribution is -2.11. The van der Waals surface area contributed by atoms with Crippen LogP contribution < -0.4 is 5.73 Å². The second-order valence-corrected chi connectivity index (χ2v) is 4.71. The molecule has 0 aliphatic carbocycles. The van der Waals surface area contributed by atoms with Crippen LogP contribution in [0.4, 0.5) is 0 Å². The number of Topliss-reactive ketones (excluding diaryl/α,β-unsaturated/α-hetero) is 1. The number of carbonyl (C=O) groups is 2. The van der Waals surface area contributed by atoms with Crippen molar-refractivity contribution in [3.05, 3.63) is 70.8 Å². The summed E-state index contributed by atoms with van der Waals surface area (Å²) in [5.74, 6) is -0.391. The molecule has 20 heavy (non-hydrogen) atoms. The molecule has 0 unspecified atom stereocenters. The highest BCUT2D eigenvalue weighted by Gasteiger charge is 2.07. The molecule has 0 bridgehead atoms. The first-order valence-electron chi connectivity index (χ1n) is 6.61. The number of hydrogen-bond donors (Lipinski definition) is 1. The minimum atomic E-state index is -0.460. The van der Waals surface area contributed by atoms with Crippen LogP contribution in [-0.4, -0.2) is 11.7 Å². The monoisotopic (exact) mass is 267 g/mol. The van der Waals surface area contributed by atoms with Crippen molar-refractivity contribution in [1.29, 1.82) is 0 Å². The van der Waals surface area contributed by atoms with Gasteiger partial charge in [0, 0.05) is 17.5 Å². The lowest BCUT2D eigenvalue weighted by atomic mass is 10.0. The quantitative estimate of drug-likeness (QED) is 0.847. The van der Waals surface area contributed by atoms with E-state index >= 15 is 0 Å². The number of hydrogen-bond acceptors (Lipinski definition) is 2. The van der Waals surface area contributed by atoms with Crippen molar-refractivity contribution in [2.45, 2.75) is 19.8 Å². The number of ketones is 1. The number of carbonyl (C=O) groups excluding carboxylic acids is 2. The van der Waals surface area contributed by atoms with Crippen molar-refractivity contribution in [2.75, 3.05) is 0 Å². The summed E-state index contributed by atoms with van der Waals surface area (Å²) in [4.78, 5) is 23.1. The van der Waals surface area contributed by atoms with Crippen LogP contribution >= 0.6 is 0 Å². The first-order valence-corrected chi connectivity index (χ1v) is 6.61. The maximum atomic E-state index is 12.1. The van der Waals surface area contributed by atoms with E-state index in [4.69, 9.17) is 5.73 Å². The fourth-order valence-electron chi connectivity index (χ4n) is 2.00. The predicted octanol–water partition coefficient (Wildman–Crippen LogP) is 2.77. The predicted molar refractivity (Wildman–Crippen MR) is 78.8 cm³/mol. The van der Waals surface area contributed by atoms with Gasteiger partial charge in [0.1, 0.15) is 0 Å². The maximum Gasteiger partial charge on any atom is 0.248 e. The zero-order chi connectivity index (χ0) is 14.5. The Labute approximate surface area is 118 Å². The Morgan fingerprint density at radius 2 is 1.35 bits per heavy atom. The van der Waals surface area contributed by atoms with Crippen LogP contribution in [0.2, 0.25) is 0 Å². The highest BCUT2D eigenvalue weighted by molar-refractivity contribution is 5.97. The van der Waals surface area contributed by atoms with Gasteiger partial charge < -0.3 is 5.73 Å². The summed E-state index contributed by atoms with van der Waals surface area (Å²) in [6.07, 6.45) is 1.29. The highest BCUT2D eigenvalue weighted by Crippen LogP contribution is 2.11. The Morgan fingerprint density at radius 1 is 0.850 bits per heavy atom. The van der Waals surface area contributed by atoms with Crippen molar-refractivity contribution in [3.63, 3.8) is 0 Å². The fraction of sp³-hybridized carbons (Fsp3) is 0.176. The molecule has 0 fully saturated rings. The van der Waals surface area contributed by atoms with Gasteiger partial charge in [-0.05, 0) is 29.7 Å². The van der Waals surface area contributed by atoms with Gasteiger partial charge in [-0.3, -0.25) is 9.59 Å². The largest absolute Gasteiger partial charge is 0.366 e. The van der Waals surface area contributed by atoms with Crippen LogP contribution in [0.3, 0.4) is 0 Å². The van der Waals surface area contributed by atoms with Gasteiger partial charge in [-0.1, -0.05) is 43.3 Å². The summed E-state index contributed by atoms with van der Waals surface area (Å²) in [5, 5.41) is 0. The fourth-order valence-corrected chi connectivity index (χ4v) is 2.00. The zero-order valence-corrected chi connectivity index (χ0v) is 11.4. The van der Waals surface area contributed by atoms with Gasteiger partial charge in [0.15, 0.2) is 5.78 Å². The average Bonchev–Trinajstić information content (AvgIpc) is 2.48. The summed E-state index contributed by atoms with van der Waals surface area (Å²) < 4.78 is 0. The number of aryl methyl sites for hydroxylation is 1. The summed E-state index contributed by atoms with van der Waals surface area (Å²) in [6, 6.07) is 14.5. The van der Waals surface area contributed by atoms with Crippen LogP contribution in [-0.2, 0) is 12.8 Å². The third-order valence-corrected chi connectivity index (χ3v) is 3.29. The molecule has 0 saturated heterocycles. The number of rotatable bonds is 5. The molecule has 0 heterocycles. The Balaban J connectivity index is 2.08. The van der Waals surface area contributed by atoms with E-state index < -0.39 is 5.91 Å². The molecule has 0 aliphatic rings. The minimum absolute atomic E-state index is 0.0690. The molecular weight excluding hydrogens is 250 g/mol. The molecule has 2 rings (SSSR count). The van der Waals surface area contributed by atoms with E-state index in [9.17, 15) is 9.59 Å². The van der Waals surface area contributed by atoms with E-state index in [2.05, 4.69) is 6.92 Å². The number of benzene rings is 2. The van der Waals surface area contributed by atoms with E-state index in [0.29, 0.717) is 17.5 Å². The number of amides is 1. The number of nitrogens with two attached hydrogens (primary N) is 1. The van der Waals surface area contributed by atoms with Crippen LogP contribution in [0.15, 0.2) is 48.5 Å². The van der Waals surface area contributed by atoms with Gasteiger partial charge in [-0.25, -0.2) is 0 Å². The molecule has 3 nitrogen and oxygen atoms in total. The molecule has 0 saturated carbocycles. The van der Waals surface area contributed by atoms with E-state index in [-0.39, 0.29) is 5.78 Å². The van der Waals surface area contributed by atoms with Gasteiger partial charge in [0.2, 0.25) is 5.91 Å². The lowest BCUT2D eigenvalue weighted by Gasteiger charge is -2.04. The summed E-state index contributed by atoms with van der Waals surface area (Å²) >= 11 is 0. The van der Waals surface area contributed by atoms with Gasteiger partial charge >= 0.3 is 0 Å². The molecule has 0 aliphatic heterocycles. The average molecular weight is 267 g/mol. The van der Waals surface area contributed by atoms with Crippen molar-refractivity contribution in [1.82, 2.24) is 0 Å². The highest BCUT2D eigenvalue weighted by atomic mass is 16.1. The second kappa shape index (κ2) is 6.15. The third kappa shape index (κ3) is 3.32. The summed E-state index contributed by atoms with van der Waals surface area (Å²) in [6.45, 7) is 2.08. The Morgan fingerprint density at radius 3 is 1.85 bits per heavy atom. The van der Waals surface area contributed by atoms with E-state index in [0.717, 1.165) is 12.0 Å². The first-order chi connectivity index (χ1) is 9.60. The van der Waals surface area contributed by atoms with Gasteiger partial charge in [0.25, 0.3) is 0 Å². The van der Waals surface area contributed by atoms with Crippen LogP contribution in [0, 0.1) is 0 Å². The topological polar surface area (TPSA) is 60.2 Å². The molecule has 0 aromatic heterocycles. The second-order valence-electron chi connectivity index (χ2n) is 4.71. The summed E-state index contributed by atoms with van der Waals surface area (Å²) in [5.41, 5.74) is 8.43. The van der Waals surface area contributed by atoms with Crippen molar-refractivity contribution >= 4 is 11.7 Å². The van der Waals surface area contributed by atoms with Crippen LogP contribution in [0.1, 0.15) is 38.8 Å². The van der Waals surface area contributed by atoms with Gasteiger partial charge in [0.05, 0.1) is 0 Å². The molecule has 3 heteroatoms. The molecular formula is C17H17NO2. The summed E-state index contributed by atoms with van der Waals surface area (Å²) in [7, 11) is 0. The van der Waals surface area contributed by atoms with Crippen LogP contribution in [0.5, 0.6) is 0 Å². The van der Waals surface area contributed by atoms with Crippen molar-refractivity contribution < 1.29 is 9.59 Å². The number of primary amides is 1. The third-order valence-electron chi connectivity index (χ3n) is 3.29. The zero-order valence-electron chi connectivity index (χ0n) is 11.4. The molecule has 0 radical (unpaired) electrons. The Hall–Kier alpha value is -2.42. The molecule has 2 N–H and O–H groups in total. The molecule has 2 aromatic rings. The smallest absolute Gasteiger partial charge is 0.248 e. The van der Waals surface area contributed by atoms with E-state index in [1.807, 2.05) is 24.3 Å².